The summed E-state index contributed by atoms with van der Waals surface area (Å²) in [5, 5.41) is 0. The summed E-state index contributed by atoms with van der Waals surface area (Å²) in [6, 6.07) is 3.94. The molecule has 4 heteroatoms. The van der Waals surface area contributed by atoms with Crippen molar-refractivity contribution in [2.24, 2.45) is 5.92 Å². The fourth-order valence-electron chi connectivity index (χ4n) is 1.66. The molecule has 0 saturated heterocycles. The topological polar surface area (TPSA) is 50.7 Å². The smallest absolute Gasteiger partial charge is 0.290 e. The molecule has 15 heavy (non-hydrogen) atoms. The van der Waals surface area contributed by atoms with Crippen molar-refractivity contribution in [2.75, 3.05) is 0 Å². The van der Waals surface area contributed by atoms with Crippen LogP contribution in [0.4, 0.5) is 0 Å². The zero-order valence-electron chi connectivity index (χ0n) is 9.19. The molecule has 1 atom stereocenters. The number of hydrogen-bond acceptors (Lipinski definition) is 2. The SMILES string of the molecule is CC(C)C(C)n1c(=O)[nH]c2ncccc21. The maximum absolute atomic E-state index is 11.8. The minimum atomic E-state index is -0.0788. The van der Waals surface area contributed by atoms with Crippen molar-refractivity contribution >= 4 is 11.2 Å². The van der Waals surface area contributed by atoms with Crippen molar-refractivity contribution in [1.82, 2.24) is 14.5 Å². The monoisotopic (exact) mass is 205 g/mol. The summed E-state index contributed by atoms with van der Waals surface area (Å²) < 4.78 is 1.77. The predicted molar refractivity (Wildman–Crippen MR) is 59.9 cm³/mol. The van der Waals surface area contributed by atoms with Gasteiger partial charge in [0.15, 0.2) is 5.65 Å². The largest absolute Gasteiger partial charge is 0.327 e. The van der Waals surface area contributed by atoms with Gasteiger partial charge in [0.1, 0.15) is 0 Å². The molecule has 4 nitrogen and oxygen atoms in total. The summed E-state index contributed by atoms with van der Waals surface area (Å²) in [5.41, 5.74) is 1.46. The van der Waals surface area contributed by atoms with Crippen molar-refractivity contribution in [1.29, 1.82) is 0 Å². The highest BCUT2D eigenvalue weighted by Crippen LogP contribution is 2.19. The summed E-state index contributed by atoms with van der Waals surface area (Å²) in [4.78, 5) is 18.6. The highest BCUT2D eigenvalue weighted by molar-refractivity contribution is 5.70. The van der Waals surface area contributed by atoms with Gasteiger partial charge in [-0.2, -0.15) is 0 Å². The fourth-order valence-corrected chi connectivity index (χ4v) is 1.66. The average Bonchev–Trinajstić information content (AvgIpc) is 2.52. The minimum absolute atomic E-state index is 0.0788. The lowest BCUT2D eigenvalue weighted by Crippen LogP contribution is -2.23. The Labute approximate surface area is 88.0 Å². The maximum atomic E-state index is 11.8. The maximum Gasteiger partial charge on any atom is 0.327 e. The van der Waals surface area contributed by atoms with Crippen molar-refractivity contribution in [3.05, 3.63) is 28.8 Å². The van der Waals surface area contributed by atoms with Gasteiger partial charge in [-0.05, 0) is 25.0 Å². The highest BCUT2D eigenvalue weighted by atomic mass is 16.1. The molecule has 0 fully saturated rings. The van der Waals surface area contributed by atoms with Gasteiger partial charge in [0.2, 0.25) is 0 Å². The number of aromatic nitrogens is 3. The molecular formula is C11H15N3O. The van der Waals surface area contributed by atoms with Crippen LogP contribution in [0.1, 0.15) is 26.8 Å². The van der Waals surface area contributed by atoms with Crippen LogP contribution in [0, 0.1) is 5.92 Å². The Hall–Kier alpha value is -1.58. The number of nitrogens with zero attached hydrogens (tertiary/aromatic N) is 2. The van der Waals surface area contributed by atoms with Gasteiger partial charge in [0.05, 0.1) is 5.52 Å². The Bertz CT molecular complexity index is 524. The zero-order chi connectivity index (χ0) is 11.0. The van der Waals surface area contributed by atoms with Crippen molar-refractivity contribution in [2.45, 2.75) is 26.8 Å². The molecule has 0 saturated carbocycles. The van der Waals surface area contributed by atoms with Gasteiger partial charge in [-0.3, -0.25) is 9.55 Å². The van der Waals surface area contributed by atoms with E-state index in [1.54, 1.807) is 10.8 Å². The van der Waals surface area contributed by atoms with E-state index >= 15 is 0 Å². The predicted octanol–water partition coefficient (Wildman–Crippen LogP) is 1.94. The van der Waals surface area contributed by atoms with E-state index in [1.165, 1.54) is 0 Å². The number of nitrogens with one attached hydrogen (secondary N) is 1. The van der Waals surface area contributed by atoms with E-state index in [4.69, 9.17) is 0 Å². The van der Waals surface area contributed by atoms with E-state index in [0.29, 0.717) is 11.6 Å². The van der Waals surface area contributed by atoms with Crippen LogP contribution in [0.25, 0.3) is 11.2 Å². The molecule has 1 unspecified atom stereocenters. The molecule has 2 aromatic heterocycles. The summed E-state index contributed by atoms with van der Waals surface area (Å²) >= 11 is 0. The second-order valence-corrected chi connectivity index (χ2v) is 4.16. The average molecular weight is 205 g/mol. The standard InChI is InChI=1S/C11H15N3O/c1-7(2)8(3)14-9-5-4-6-12-10(9)13-11(14)15/h4-8H,1-3H3,(H,12,13,15). The lowest BCUT2D eigenvalue weighted by molar-refractivity contribution is 0.408. The third-order valence-electron chi connectivity index (χ3n) is 2.86. The van der Waals surface area contributed by atoms with Crippen LogP contribution in [0.3, 0.4) is 0 Å². The van der Waals surface area contributed by atoms with Crippen molar-refractivity contribution in [3.8, 4) is 0 Å². The van der Waals surface area contributed by atoms with Crippen LogP contribution in [-0.4, -0.2) is 14.5 Å². The van der Waals surface area contributed by atoms with Gasteiger partial charge in [-0.15, -0.1) is 0 Å². The normalized spacial score (nSPS) is 13.6. The summed E-state index contributed by atoms with van der Waals surface area (Å²) in [6.45, 7) is 6.25. The number of H-pyrrole nitrogens is 1. The molecule has 0 aliphatic heterocycles. The number of hydrogen-bond donors (Lipinski definition) is 1. The molecule has 0 amide bonds. The van der Waals surface area contributed by atoms with Gasteiger partial charge in [-0.1, -0.05) is 13.8 Å². The van der Waals surface area contributed by atoms with Crippen LogP contribution < -0.4 is 5.69 Å². The van der Waals surface area contributed by atoms with E-state index < -0.39 is 0 Å². The number of fused-ring (bicyclic) bond motifs is 1. The summed E-state index contributed by atoms with van der Waals surface area (Å²) in [5.74, 6) is 0.418. The molecule has 2 heterocycles. The lowest BCUT2D eigenvalue weighted by atomic mass is 10.1. The first-order valence-corrected chi connectivity index (χ1v) is 5.16. The highest BCUT2D eigenvalue weighted by Gasteiger charge is 2.15. The number of imidazole rings is 1. The van der Waals surface area contributed by atoms with E-state index in [-0.39, 0.29) is 11.7 Å². The molecule has 0 radical (unpaired) electrons. The molecule has 0 aliphatic rings. The molecule has 1 N–H and O–H groups in total. The number of pyridine rings is 1. The van der Waals surface area contributed by atoms with Crippen LogP contribution in [-0.2, 0) is 0 Å². The zero-order valence-corrected chi connectivity index (χ0v) is 9.19. The fraction of sp³-hybridized carbons (Fsp3) is 0.455. The van der Waals surface area contributed by atoms with Crippen molar-refractivity contribution < 1.29 is 0 Å². The molecule has 0 bridgehead atoms. The summed E-state index contributed by atoms with van der Waals surface area (Å²) in [6.07, 6.45) is 1.68. The van der Waals surface area contributed by atoms with Crippen LogP contribution in [0.2, 0.25) is 0 Å². The minimum Gasteiger partial charge on any atom is -0.290 e. The number of rotatable bonds is 2. The molecule has 2 aromatic rings. The van der Waals surface area contributed by atoms with E-state index in [2.05, 4.69) is 23.8 Å². The van der Waals surface area contributed by atoms with Crippen molar-refractivity contribution in [3.63, 3.8) is 0 Å². The quantitative estimate of drug-likeness (QED) is 0.814. The van der Waals surface area contributed by atoms with Gasteiger partial charge in [0.25, 0.3) is 0 Å². The number of aromatic amines is 1. The molecule has 0 aliphatic carbocycles. The third-order valence-corrected chi connectivity index (χ3v) is 2.86. The second-order valence-electron chi connectivity index (χ2n) is 4.16. The molecule has 2 rings (SSSR count). The van der Waals surface area contributed by atoms with Gasteiger partial charge >= 0.3 is 5.69 Å². The van der Waals surface area contributed by atoms with E-state index in [0.717, 1.165) is 5.52 Å². The Morgan fingerprint density at radius 1 is 1.40 bits per heavy atom. The lowest BCUT2D eigenvalue weighted by Gasteiger charge is -2.16. The van der Waals surface area contributed by atoms with Crippen LogP contribution in [0.15, 0.2) is 23.1 Å². The molecule has 0 spiro atoms. The van der Waals surface area contributed by atoms with E-state index in [1.807, 2.05) is 19.1 Å². The first-order chi connectivity index (χ1) is 7.11. The van der Waals surface area contributed by atoms with Gasteiger partial charge < -0.3 is 0 Å². The molecular weight excluding hydrogens is 190 g/mol. The van der Waals surface area contributed by atoms with E-state index in [9.17, 15) is 4.79 Å². The van der Waals surface area contributed by atoms with Gasteiger partial charge in [-0.25, -0.2) is 9.78 Å². The molecule has 0 aromatic carbocycles. The Kier molecular flexibility index (Phi) is 2.34. The Morgan fingerprint density at radius 2 is 2.13 bits per heavy atom. The third kappa shape index (κ3) is 1.56. The van der Waals surface area contributed by atoms with Crippen LogP contribution in [0.5, 0.6) is 0 Å². The van der Waals surface area contributed by atoms with Gasteiger partial charge in [0, 0.05) is 12.2 Å². The Morgan fingerprint density at radius 3 is 2.80 bits per heavy atom. The second kappa shape index (κ2) is 3.53. The Balaban J connectivity index is 2.69. The molecule has 80 valence electrons. The first-order valence-electron chi connectivity index (χ1n) is 5.16. The van der Waals surface area contributed by atoms with Crippen LogP contribution >= 0.6 is 0 Å². The summed E-state index contributed by atoms with van der Waals surface area (Å²) in [7, 11) is 0. The first kappa shape index (κ1) is 9.96.